The monoisotopic (exact) mass is 391 g/mol. The molecule has 2 aromatic rings. The zero-order chi connectivity index (χ0) is 19.9. The first-order chi connectivity index (χ1) is 12.6. The van der Waals surface area contributed by atoms with E-state index in [1.165, 1.54) is 23.1 Å². The molecule has 7 nitrogen and oxygen atoms in total. The number of aromatic nitrogens is 2. The molecule has 0 spiro atoms. The first kappa shape index (κ1) is 19.7. The molecule has 1 atom stereocenters. The molecule has 2 heterocycles. The van der Waals surface area contributed by atoms with Crippen LogP contribution >= 0.6 is 0 Å². The van der Waals surface area contributed by atoms with E-state index in [0.717, 1.165) is 16.7 Å². The minimum absolute atomic E-state index is 0.121. The summed E-state index contributed by atoms with van der Waals surface area (Å²) in [6.45, 7) is 6.16. The van der Waals surface area contributed by atoms with Gasteiger partial charge in [0, 0.05) is 26.1 Å². The van der Waals surface area contributed by atoms with E-state index >= 15 is 0 Å². The second-order valence-corrected chi connectivity index (χ2v) is 9.37. The molecule has 0 amide bonds. The average Bonchev–Trinajstić information content (AvgIpc) is 2.61. The van der Waals surface area contributed by atoms with E-state index in [0.29, 0.717) is 35.6 Å². The highest BCUT2D eigenvalue weighted by molar-refractivity contribution is 7.89. The van der Waals surface area contributed by atoms with Gasteiger partial charge in [0.05, 0.1) is 30.3 Å². The highest BCUT2D eigenvalue weighted by atomic mass is 32.2. The van der Waals surface area contributed by atoms with Crippen molar-refractivity contribution in [2.24, 2.45) is 0 Å². The maximum atomic E-state index is 12.6. The van der Waals surface area contributed by atoms with E-state index in [1.807, 2.05) is 13.0 Å². The van der Waals surface area contributed by atoms with E-state index < -0.39 is 10.0 Å². The van der Waals surface area contributed by atoms with Crippen LogP contribution in [-0.4, -0.2) is 42.7 Å². The fourth-order valence-electron chi connectivity index (χ4n) is 3.21. The zero-order valence-corrected chi connectivity index (χ0v) is 17.1. The predicted octanol–water partition coefficient (Wildman–Crippen LogP) is 1.56. The van der Waals surface area contributed by atoms with E-state index in [4.69, 9.17) is 4.74 Å². The highest BCUT2D eigenvalue weighted by Crippen LogP contribution is 2.28. The van der Waals surface area contributed by atoms with E-state index in [-0.39, 0.29) is 11.7 Å². The number of aryl methyl sites for hydroxylation is 2. The molecule has 3 rings (SSSR count). The van der Waals surface area contributed by atoms with Crippen LogP contribution in [0.5, 0.6) is 0 Å². The molecule has 1 aromatic carbocycles. The second-order valence-electron chi connectivity index (χ2n) is 7.25. The Labute approximate surface area is 159 Å². The first-order valence-electron chi connectivity index (χ1n) is 8.81. The molecule has 146 valence electrons. The summed E-state index contributed by atoms with van der Waals surface area (Å²) in [7, 11) is -0.458. The Morgan fingerprint density at radius 1 is 1.19 bits per heavy atom. The topological polar surface area (TPSA) is 81.5 Å². The molecule has 1 unspecified atom stereocenters. The third kappa shape index (κ3) is 3.69. The van der Waals surface area contributed by atoms with Crippen LogP contribution in [0.1, 0.15) is 27.8 Å². The predicted molar refractivity (Wildman–Crippen MR) is 102 cm³/mol. The molecule has 8 heteroatoms. The molecule has 0 radical (unpaired) electrons. The number of fused-ring (bicyclic) bond motifs is 1. The van der Waals surface area contributed by atoms with Crippen LogP contribution in [0, 0.1) is 20.8 Å². The first-order valence-corrected chi connectivity index (χ1v) is 10.2. The van der Waals surface area contributed by atoms with Crippen LogP contribution in [0.15, 0.2) is 28.0 Å². The highest BCUT2D eigenvalue weighted by Gasteiger charge is 2.26. The Morgan fingerprint density at radius 2 is 1.89 bits per heavy atom. The van der Waals surface area contributed by atoms with Crippen molar-refractivity contribution in [3.63, 3.8) is 0 Å². The Morgan fingerprint density at radius 3 is 2.56 bits per heavy atom. The van der Waals surface area contributed by atoms with Gasteiger partial charge in [-0.3, -0.25) is 4.79 Å². The van der Waals surface area contributed by atoms with Crippen LogP contribution in [0.2, 0.25) is 0 Å². The third-order valence-corrected chi connectivity index (χ3v) is 7.05. The molecular formula is C19H25N3O4S. The fourth-order valence-corrected chi connectivity index (χ4v) is 4.36. The number of ether oxygens (including phenoxy) is 1. The molecule has 1 aromatic heterocycles. The van der Waals surface area contributed by atoms with Gasteiger partial charge < -0.3 is 4.74 Å². The molecule has 0 bridgehead atoms. The summed E-state index contributed by atoms with van der Waals surface area (Å²) >= 11 is 0. The minimum Gasteiger partial charge on any atom is -0.371 e. The standard InChI is InChI=1S/C19H25N3O4S/c1-12-6-16-11-26-17(10-22-19(23)14(3)13(2)9-20-22)7-15(16)8-18(12)27(24,25)21(4)5/h6,8-9,17H,7,10-11H2,1-5H3. The normalized spacial score (nSPS) is 17.2. The maximum Gasteiger partial charge on any atom is 0.270 e. The minimum atomic E-state index is -3.51. The van der Waals surface area contributed by atoms with Gasteiger partial charge in [-0.15, -0.1) is 0 Å². The summed E-state index contributed by atoms with van der Waals surface area (Å²) in [5, 5.41) is 4.20. The van der Waals surface area contributed by atoms with Crippen molar-refractivity contribution >= 4 is 10.0 Å². The summed E-state index contributed by atoms with van der Waals surface area (Å²) in [6.07, 6.45) is 1.98. The lowest BCUT2D eigenvalue weighted by molar-refractivity contribution is 0.0145. The summed E-state index contributed by atoms with van der Waals surface area (Å²) in [6, 6.07) is 3.62. The summed E-state index contributed by atoms with van der Waals surface area (Å²) in [5.74, 6) is 0. The fraction of sp³-hybridized carbons (Fsp3) is 0.474. The number of benzene rings is 1. The number of rotatable bonds is 4. The molecular weight excluding hydrogens is 366 g/mol. The molecule has 0 saturated carbocycles. The van der Waals surface area contributed by atoms with Gasteiger partial charge in [-0.05, 0) is 49.1 Å². The lowest BCUT2D eigenvalue weighted by Crippen LogP contribution is -2.34. The quantitative estimate of drug-likeness (QED) is 0.790. The van der Waals surface area contributed by atoms with Crippen LogP contribution in [0.25, 0.3) is 0 Å². The zero-order valence-electron chi connectivity index (χ0n) is 16.3. The van der Waals surface area contributed by atoms with Gasteiger partial charge in [0.15, 0.2) is 0 Å². The smallest absolute Gasteiger partial charge is 0.270 e. The largest absolute Gasteiger partial charge is 0.371 e. The number of hydrogen-bond donors (Lipinski definition) is 0. The Hall–Kier alpha value is -2.03. The summed E-state index contributed by atoms with van der Waals surface area (Å²) in [4.78, 5) is 12.7. The van der Waals surface area contributed by atoms with Gasteiger partial charge in [0.25, 0.3) is 5.56 Å². The maximum absolute atomic E-state index is 12.6. The number of hydrogen-bond acceptors (Lipinski definition) is 5. The molecule has 27 heavy (non-hydrogen) atoms. The van der Waals surface area contributed by atoms with Crippen molar-refractivity contribution in [3.05, 3.63) is 56.5 Å². The van der Waals surface area contributed by atoms with Crippen molar-refractivity contribution < 1.29 is 13.2 Å². The molecule has 0 fully saturated rings. The lowest BCUT2D eigenvalue weighted by atomic mass is 9.97. The van der Waals surface area contributed by atoms with Gasteiger partial charge >= 0.3 is 0 Å². The molecule has 0 aliphatic carbocycles. The third-order valence-electron chi connectivity index (χ3n) is 5.09. The van der Waals surface area contributed by atoms with Gasteiger partial charge in [0.1, 0.15) is 0 Å². The second kappa shape index (κ2) is 7.18. The lowest BCUT2D eigenvalue weighted by Gasteiger charge is -2.27. The average molecular weight is 391 g/mol. The molecule has 1 aliphatic rings. The van der Waals surface area contributed by atoms with Gasteiger partial charge in [0.2, 0.25) is 10.0 Å². The van der Waals surface area contributed by atoms with Crippen LogP contribution in [0.4, 0.5) is 0 Å². The Kier molecular flexibility index (Phi) is 5.24. The van der Waals surface area contributed by atoms with E-state index in [1.54, 1.807) is 26.1 Å². The van der Waals surface area contributed by atoms with Crippen molar-refractivity contribution in [2.75, 3.05) is 14.1 Å². The number of nitrogens with zero attached hydrogens (tertiary/aromatic N) is 3. The number of sulfonamides is 1. The van der Waals surface area contributed by atoms with Gasteiger partial charge in [-0.25, -0.2) is 17.4 Å². The van der Waals surface area contributed by atoms with Crippen LogP contribution in [-0.2, 0) is 34.3 Å². The van der Waals surface area contributed by atoms with Crippen LogP contribution in [0.3, 0.4) is 0 Å². The van der Waals surface area contributed by atoms with Crippen molar-refractivity contribution in [1.82, 2.24) is 14.1 Å². The summed E-state index contributed by atoms with van der Waals surface area (Å²) < 4.78 is 33.7. The van der Waals surface area contributed by atoms with Crippen molar-refractivity contribution in [1.29, 1.82) is 0 Å². The van der Waals surface area contributed by atoms with Gasteiger partial charge in [-0.2, -0.15) is 5.10 Å². The van der Waals surface area contributed by atoms with E-state index in [9.17, 15) is 13.2 Å². The van der Waals surface area contributed by atoms with E-state index in [2.05, 4.69) is 5.10 Å². The molecule has 1 aliphatic heterocycles. The van der Waals surface area contributed by atoms with Crippen LogP contribution < -0.4 is 5.56 Å². The van der Waals surface area contributed by atoms with Crippen molar-refractivity contribution in [2.45, 2.75) is 51.3 Å². The Balaban J connectivity index is 1.90. The van der Waals surface area contributed by atoms with Gasteiger partial charge in [-0.1, -0.05) is 6.07 Å². The summed E-state index contributed by atoms with van der Waals surface area (Å²) in [5.41, 5.74) is 4.05. The molecule has 0 saturated heterocycles. The molecule has 0 N–H and O–H groups in total. The Bertz CT molecular complexity index is 1040. The SMILES string of the molecule is Cc1cc2c(cc1S(=O)(=O)N(C)C)CC(Cn1ncc(C)c(C)c1=O)OC2. The van der Waals surface area contributed by atoms with Crippen molar-refractivity contribution in [3.8, 4) is 0 Å².